The smallest absolute Gasteiger partial charge is 0.129 e. The van der Waals surface area contributed by atoms with E-state index in [1.165, 1.54) is 34.0 Å². The van der Waals surface area contributed by atoms with Crippen molar-refractivity contribution in [3.05, 3.63) is 107 Å². The van der Waals surface area contributed by atoms with E-state index in [-0.39, 0.29) is 5.82 Å². The molecule has 0 amide bonds. The van der Waals surface area contributed by atoms with Crippen LogP contribution in [0.3, 0.4) is 0 Å². The summed E-state index contributed by atoms with van der Waals surface area (Å²) in [6.07, 6.45) is 0. The summed E-state index contributed by atoms with van der Waals surface area (Å²) in [6.45, 7) is 2.07. The molecule has 0 aromatic heterocycles. The summed E-state index contributed by atoms with van der Waals surface area (Å²) in [4.78, 5) is 0. The van der Waals surface area contributed by atoms with Crippen LogP contribution in [0.25, 0.3) is 10.8 Å². The van der Waals surface area contributed by atoms with E-state index in [2.05, 4.69) is 41.7 Å². The molecule has 3 nitrogen and oxygen atoms in total. The molecule has 0 radical (unpaired) electrons. The largest absolute Gasteiger partial charge is 0.497 e. The molecule has 30 heavy (non-hydrogen) atoms. The van der Waals surface area contributed by atoms with Gasteiger partial charge in [-0.05, 0) is 58.8 Å². The normalized spacial score (nSPS) is 10.9. The zero-order valence-corrected chi connectivity index (χ0v) is 17.0. The molecule has 2 N–H and O–H groups in total. The molecule has 0 fully saturated rings. The highest BCUT2D eigenvalue weighted by Gasteiger charge is 2.11. The highest BCUT2D eigenvalue weighted by atomic mass is 19.1. The van der Waals surface area contributed by atoms with Crippen molar-refractivity contribution in [3.63, 3.8) is 0 Å². The average Bonchev–Trinajstić information content (AvgIpc) is 2.80. The molecule has 0 aliphatic heterocycles. The number of fused-ring (bicyclic) bond motifs is 1. The average molecular weight is 402 g/mol. The van der Waals surface area contributed by atoms with E-state index in [9.17, 15) is 4.39 Å². The van der Waals surface area contributed by atoms with Gasteiger partial charge in [-0.15, -0.1) is 0 Å². The molecule has 4 aromatic rings. The van der Waals surface area contributed by atoms with Crippen LogP contribution in [-0.4, -0.2) is 7.11 Å². The third-order valence-electron chi connectivity index (χ3n) is 5.19. The van der Waals surface area contributed by atoms with Crippen molar-refractivity contribution in [2.45, 2.75) is 19.7 Å². The van der Waals surface area contributed by atoms with Gasteiger partial charge in [0.1, 0.15) is 37.0 Å². The van der Waals surface area contributed by atoms with Crippen LogP contribution in [0, 0.1) is 5.82 Å². The van der Waals surface area contributed by atoms with E-state index < -0.39 is 0 Å². The van der Waals surface area contributed by atoms with E-state index in [0.717, 1.165) is 30.2 Å². The van der Waals surface area contributed by atoms with Gasteiger partial charge in [-0.1, -0.05) is 42.5 Å². The van der Waals surface area contributed by atoms with E-state index in [1.54, 1.807) is 19.2 Å². The first-order valence-electron chi connectivity index (χ1n) is 10.1. The molecule has 0 bridgehead atoms. The van der Waals surface area contributed by atoms with Gasteiger partial charge in [0.15, 0.2) is 0 Å². The zero-order chi connectivity index (χ0) is 20.8. The third-order valence-corrected chi connectivity index (χ3v) is 5.19. The molecule has 152 valence electrons. The van der Waals surface area contributed by atoms with E-state index in [4.69, 9.17) is 9.47 Å². The fraction of sp³-hybridized carbons (Fsp3) is 0.154. The van der Waals surface area contributed by atoms with E-state index in [0.29, 0.717) is 6.61 Å². The number of ether oxygens (including phenoxy) is 2. The maximum atomic E-state index is 13.2. The van der Waals surface area contributed by atoms with Crippen LogP contribution >= 0.6 is 0 Å². The standard InChI is InChI=1S/C26H24FNO2/c1-29-23-13-8-19(9-14-23)16-28-17-25-24-5-3-2-4-21(24)10-15-26(25)30-18-20-6-11-22(27)12-7-20/h2-15,28H,16-18H2,1H3/p+1. The molecule has 0 aliphatic rings. The summed E-state index contributed by atoms with van der Waals surface area (Å²) in [5, 5.41) is 4.66. The van der Waals surface area contributed by atoms with Crippen LogP contribution < -0.4 is 14.8 Å². The van der Waals surface area contributed by atoms with Crippen LogP contribution in [0.5, 0.6) is 11.5 Å². The van der Waals surface area contributed by atoms with Gasteiger partial charge in [0.25, 0.3) is 0 Å². The van der Waals surface area contributed by atoms with Crippen molar-refractivity contribution in [2.75, 3.05) is 7.11 Å². The van der Waals surface area contributed by atoms with Gasteiger partial charge in [0.05, 0.1) is 12.7 Å². The first kappa shape index (κ1) is 19.9. The van der Waals surface area contributed by atoms with E-state index in [1.807, 2.05) is 24.3 Å². The van der Waals surface area contributed by atoms with Gasteiger partial charge in [-0.2, -0.15) is 0 Å². The van der Waals surface area contributed by atoms with E-state index >= 15 is 0 Å². The summed E-state index contributed by atoms with van der Waals surface area (Å²) in [5.41, 5.74) is 3.35. The Bertz CT molecular complexity index is 1110. The number of hydrogen-bond acceptors (Lipinski definition) is 2. The first-order valence-corrected chi connectivity index (χ1v) is 10.1. The van der Waals surface area contributed by atoms with Crippen LogP contribution in [0.4, 0.5) is 4.39 Å². The summed E-state index contributed by atoms with van der Waals surface area (Å²) in [7, 11) is 1.68. The Kier molecular flexibility index (Phi) is 6.26. The Morgan fingerprint density at radius 3 is 2.27 bits per heavy atom. The molecule has 0 heterocycles. The van der Waals surface area contributed by atoms with Gasteiger partial charge in [-0.25, -0.2) is 4.39 Å². The van der Waals surface area contributed by atoms with Crippen molar-refractivity contribution in [2.24, 2.45) is 0 Å². The van der Waals surface area contributed by atoms with Gasteiger partial charge >= 0.3 is 0 Å². The van der Waals surface area contributed by atoms with Crippen LogP contribution in [-0.2, 0) is 19.7 Å². The van der Waals surface area contributed by atoms with Crippen molar-refractivity contribution in [3.8, 4) is 11.5 Å². The molecule has 4 rings (SSSR count). The van der Waals surface area contributed by atoms with Gasteiger partial charge in [0, 0.05) is 5.56 Å². The molecule has 0 aliphatic carbocycles. The molecule has 0 unspecified atom stereocenters. The Hall–Kier alpha value is -3.37. The van der Waals surface area contributed by atoms with Crippen molar-refractivity contribution < 1.29 is 19.2 Å². The summed E-state index contributed by atoms with van der Waals surface area (Å²) >= 11 is 0. The third kappa shape index (κ3) is 4.78. The lowest BCUT2D eigenvalue weighted by atomic mass is 10.0. The van der Waals surface area contributed by atoms with Crippen LogP contribution in [0.1, 0.15) is 16.7 Å². The van der Waals surface area contributed by atoms with Crippen molar-refractivity contribution >= 4 is 10.8 Å². The molecule has 0 saturated heterocycles. The molecule has 0 saturated carbocycles. The minimum atomic E-state index is -0.238. The molecule has 4 heteroatoms. The maximum absolute atomic E-state index is 13.2. The van der Waals surface area contributed by atoms with Crippen LogP contribution in [0.2, 0.25) is 0 Å². The number of rotatable bonds is 8. The summed E-state index contributed by atoms with van der Waals surface area (Å²) in [6, 6.07) is 27.0. The number of nitrogens with two attached hydrogens (primary N) is 1. The maximum Gasteiger partial charge on any atom is 0.129 e. The predicted molar refractivity (Wildman–Crippen MR) is 117 cm³/mol. The monoisotopic (exact) mass is 402 g/mol. The van der Waals surface area contributed by atoms with Gasteiger partial charge in [-0.3, -0.25) is 0 Å². The summed E-state index contributed by atoms with van der Waals surface area (Å²) < 4.78 is 24.5. The Labute approximate surface area is 176 Å². The topological polar surface area (TPSA) is 35.1 Å². The number of halogens is 1. The highest BCUT2D eigenvalue weighted by molar-refractivity contribution is 5.87. The van der Waals surface area contributed by atoms with Gasteiger partial charge < -0.3 is 14.8 Å². The zero-order valence-electron chi connectivity index (χ0n) is 17.0. The second-order valence-corrected chi connectivity index (χ2v) is 7.22. The van der Waals surface area contributed by atoms with Crippen LogP contribution in [0.15, 0.2) is 84.9 Å². The lowest BCUT2D eigenvalue weighted by Crippen LogP contribution is -2.80. The lowest BCUT2D eigenvalue weighted by Gasteiger charge is -2.14. The quantitative estimate of drug-likeness (QED) is 0.458. The Balaban J connectivity index is 1.51. The number of hydrogen-bond donors (Lipinski definition) is 1. The SMILES string of the molecule is COc1ccc(C[NH2+]Cc2c(OCc3ccc(F)cc3)ccc3ccccc23)cc1. The van der Waals surface area contributed by atoms with Crippen molar-refractivity contribution in [1.29, 1.82) is 0 Å². The Morgan fingerprint density at radius 1 is 0.767 bits per heavy atom. The van der Waals surface area contributed by atoms with Gasteiger partial charge in [0.2, 0.25) is 0 Å². The fourth-order valence-corrected chi connectivity index (χ4v) is 3.55. The second kappa shape index (κ2) is 9.42. The minimum absolute atomic E-state index is 0.238. The fourth-order valence-electron chi connectivity index (χ4n) is 3.55. The molecule has 0 atom stereocenters. The molecule has 4 aromatic carbocycles. The number of methoxy groups -OCH3 is 1. The van der Waals surface area contributed by atoms with Crippen molar-refractivity contribution in [1.82, 2.24) is 0 Å². The second-order valence-electron chi connectivity index (χ2n) is 7.22. The number of quaternary nitrogens is 1. The molecule has 0 spiro atoms. The summed E-state index contributed by atoms with van der Waals surface area (Å²) in [5.74, 6) is 1.49. The highest BCUT2D eigenvalue weighted by Crippen LogP contribution is 2.28. The minimum Gasteiger partial charge on any atom is -0.497 e. The lowest BCUT2D eigenvalue weighted by molar-refractivity contribution is -0.686. The number of benzene rings is 4. The molecular weight excluding hydrogens is 377 g/mol. The Morgan fingerprint density at radius 2 is 1.50 bits per heavy atom. The molecular formula is C26H25FNO2+. The predicted octanol–water partition coefficient (Wildman–Crippen LogP) is 4.83. The first-order chi connectivity index (χ1) is 14.7.